The maximum atomic E-state index is 11.0. The molecule has 0 unspecified atom stereocenters. The maximum absolute atomic E-state index is 11.0. The average Bonchev–Trinajstić information content (AvgIpc) is 2.60. The molecule has 0 atom stereocenters. The molecule has 0 amide bonds. The van der Waals surface area contributed by atoms with E-state index in [-0.39, 0.29) is 5.75 Å². The van der Waals surface area contributed by atoms with Gasteiger partial charge in [-0.3, -0.25) is 0 Å². The fourth-order valence-electron chi connectivity index (χ4n) is 1.17. The Bertz CT molecular complexity index is 481. The predicted octanol–water partition coefficient (Wildman–Crippen LogP) is 0.0595. The number of hydrogen-bond acceptors (Lipinski definition) is 6. The summed E-state index contributed by atoms with van der Waals surface area (Å²) in [5.41, 5.74) is 5.53. The molecule has 1 aromatic heterocycles. The van der Waals surface area contributed by atoms with Gasteiger partial charge in [-0.25, -0.2) is 8.42 Å². The molecule has 0 aliphatic heterocycles. The second-order valence-electron chi connectivity index (χ2n) is 3.48. The summed E-state index contributed by atoms with van der Waals surface area (Å²) >= 11 is 1.36. The van der Waals surface area contributed by atoms with Crippen LogP contribution in [0.3, 0.4) is 0 Å². The van der Waals surface area contributed by atoms with E-state index in [0.717, 1.165) is 0 Å². The number of nitrogens with zero attached hydrogens (tertiary/aromatic N) is 3. The summed E-state index contributed by atoms with van der Waals surface area (Å²) in [5.74, 6) is 1.25. The Hall–Kier alpha value is -0.860. The lowest BCUT2D eigenvalue weighted by atomic mass is 10.5. The first kappa shape index (κ1) is 14.2. The van der Waals surface area contributed by atoms with Crippen molar-refractivity contribution in [3.8, 4) is 0 Å². The first-order valence-electron chi connectivity index (χ1n) is 5.01. The van der Waals surface area contributed by atoms with Gasteiger partial charge in [-0.05, 0) is 0 Å². The second-order valence-corrected chi connectivity index (χ2v) is 6.80. The molecule has 96 valence electrons. The van der Waals surface area contributed by atoms with Crippen molar-refractivity contribution < 1.29 is 8.42 Å². The Morgan fingerprint density at radius 1 is 1.53 bits per heavy atom. The highest BCUT2D eigenvalue weighted by Gasteiger charge is 2.11. The van der Waals surface area contributed by atoms with Crippen molar-refractivity contribution in [1.29, 1.82) is 0 Å². The maximum Gasteiger partial charge on any atom is 0.191 e. The number of allylic oxidation sites excluding steroid dienone is 1. The van der Waals surface area contributed by atoms with E-state index >= 15 is 0 Å². The molecule has 0 saturated carbocycles. The third-order valence-electron chi connectivity index (χ3n) is 1.97. The molecule has 0 aromatic carbocycles. The molecular weight excluding hydrogens is 260 g/mol. The quantitative estimate of drug-likeness (QED) is 0.559. The summed E-state index contributed by atoms with van der Waals surface area (Å²) in [6, 6.07) is 0. The van der Waals surface area contributed by atoms with Gasteiger partial charge in [0, 0.05) is 18.6 Å². The van der Waals surface area contributed by atoms with Crippen LogP contribution in [0.25, 0.3) is 0 Å². The summed E-state index contributed by atoms with van der Waals surface area (Å²) in [4.78, 5) is 0. The molecule has 1 rings (SSSR count). The Labute approximate surface area is 105 Å². The van der Waals surface area contributed by atoms with Gasteiger partial charge in [0.2, 0.25) is 0 Å². The highest BCUT2D eigenvalue weighted by Crippen LogP contribution is 2.17. The molecule has 8 heteroatoms. The summed E-state index contributed by atoms with van der Waals surface area (Å²) in [6.07, 6.45) is 2.94. The molecule has 6 nitrogen and oxygen atoms in total. The van der Waals surface area contributed by atoms with Gasteiger partial charge in [0.1, 0.15) is 15.7 Å². The van der Waals surface area contributed by atoms with Gasteiger partial charge in [0.05, 0.1) is 12.3 Å². The Balaban J connectivity index is 2.70. The van der Waals surface area contributed by atoms with Crippen LogP contribution in [0.4, 0.5) is 0 Å². The molecule has 0 spiro atoms. The second kappa shape index (κ2) is 6.18. The van der Waals surface area contributed by atoms with E-state index in [1.807, 2.05) is 4.57 Å². The fourth-order valence-corrected chi connectivity index (χ4v) is 3.33. The van der Waals surface area contributed by atoms with E-state index in [1.54, 1.807) is 6.08 Å². The van der Waals surface area contributed by atoms with Crippen molar-refractivity contribution in [2.45, 2.75) is 18.2 Å². The number of thioether (sulfide) groups is 1. The van der Waals surface area contributed by atoms with Crippen LogP contribution in [0.15, 0.2) is 17.8 Å². The van der Waals surface area contributed by atoms with Crippen LogP contribution < -0.4 is 5.73 Å². The van der Waals surface area contributed by atoms with Gasteiger partial charge < -0.3 is 10.3 Å². The molecule has 0 bridgehead atoms. The highest BCUT2D eigenvalue weighted by atomic mass is 32.2. The number of sulfone groups is 1. The van der Waals surface area contributed by atoms with Crippen LogP contribution in [0, 0.1) is 0 Å². The van der Waals surface area contributed by atoms with Gasteiger partial charge in [0.25, 0.3) is 0 Å². The van der Waals surface area contributed by atoms with E-state index in [4.69, 9.17) is 5.73 Å². The van der Waals surface area contributed by atoms with E-state index in [9.17, 15) is 8.42 Å². The van der Waals surface area contributed by atoms with E-state index in [0.29, 0.717) is 29.8 Å². The zero-order valence-corrected chi connectivity index (χ0v) is 11.3. The van der Waals surface area contributed by atoms with Crippen molar-refractivity contribution in [3.63, 3.8) is 0 Å². The minimum absolute atomic E-state index is 0.122. The lowest BCUT2D eigenvalue weighted by molar-refractivity contribution is 0.603. The molecule has 1 heterocycles. The zero-order valence-electron chi connectivity index (χ0n) is 9.66. The van der Waals surface area contributed by atoms with Crippen LogP contribution in [0.1, 0.15) is 5.82 Å². The monoisotopic (exact) mass is 276 g/mol. The van der Waals surface area contributed by atoms with Crippen LogP contribution in [-0.4, -0.2) is 40.9 Å². The lowest BCUT2D eigenvalue weighted by Gasteiger charge is -2.05. The zero-order chi connectivity index (χ0) is 12.9. The minimum atomic E-state index is -2.94. The van der Waals surface area contributed by atoms with E-state index in [2.05, 4.69) is 16.8 Å². The van der Waals surface area contributed by atoms with Crippen molar-refractivity contribution in [3.05, 3.63) is 18.5 Å². The van der Waals surface area contributed by atoms with Crippen LogP contribution in [0.5, 0.6) is 0 Å². The number of nitrogens with two attached hydrogens (primary N) is 1. The first-order valence-corrected chi connectivity index (χ1v) is 8.06. The Morgan fingerprint density at radius 2 is 2.24 bits per heavy atom. The van der Waals surface area contributed by atoms with Crippen molar-refractivity contribution in [2.75, 3.05) is 17.8 Å². The van der Waals surface area contributed by atoms with E-state index < -0.39 is 9.84 Å². The van der Waals surface area contributed by atoms with Crippen LogP contribution in [0.2, 0.25) is 0 Å². The largest absolute Gasteiger partial charge is 0.324 e. The minimum Gasteiger partial charge on any atom is -0.324 e. The number of aromatic nitrogens is 3. The third kappa shape index (κ3) is 4.49. The number of hydrogen-bond donors (Lipinski definition) is 1. The highest BCUT2D eigenvalue weighted by molar-refractivity contribution is 8.00. The van der Waals surface area contributed by atoms with Crippen LogP contribution >= 0.6 is 11.8 Å². The lowest BCUT2D eigenvalue weighted by Crippen LogP contribution is -2.09. The molecule has 1 aromatic rings. The van der Waals surface area contributed by atoms with Gasteiger partial charge in [-0.15, -0.1) is 16.8 Å². The smallest absolute Gasteiger partial charge is 0.191 e. The van der Waals surface area contributed by atoms with Crippen LogP contribution in [-0.2, 0) is 22.9 Å². The summed E-state index contributed by atoms with van der Waals surface area (Å²) in [7, 11) is -2.94. The summed E-state index contributed by atoms with van der Waals surface area (Å²) < 4.78 is 23.8. The van der Waals surface area contributed by atoms with Crippen molar-refractivity contribution in [1.82, 2.24) is 14.8 Å². The average molecular weight is 276 g/mol. The molecule has 0 saturated heterocycles. The van der Waals surface area contributed by atoms with Gasteiger partial charge in [-0.1, -0.05) is 17.8 Å². The predicted molar refractivity (Wildman–Crippen MR) is 68.5 cm³/mol. The van der Waals surface area contributed by atoms with Crippen molar-refractivity contribution in [2.24, 2.45) is 5.73 Å². The molecule has 0 aliphatic carbocycles. The topological polar surface area (TPSA) is 90.9 Å². The first-order chi connectivity index (χ1) is 7.98. The molecule has 2 N–H and O–H groups in total. The third-order valence-corrected chi connectivity index (χ3v) is 4.15. The Kier molecular flexibility index (Phi) is 5.16. The summed E-state index contributed by atoms with van der Waals surface area (Å²) in [5, 5.41) is 8.59. The number of rotatable bonds is 7. The van der Waals surface area contributed by atoms with Gasteiger partial charge in [0.15, 0.2) is 5.16 Å². The standard InChI is InChI=1S/C9H16N4O2S2/c1-3-4-13-8(7-10)11-12-9(13)16-5-6-17(2,14)15/h3H,1,4-7,10H2,2H3. The van der Waals surface area contributed by atoms with Gasteiger partial charge >= 0.3 is 0 Å². The van der Waals surface area contributed by atoms with Gasteiger partial charge in [-0.2, -0.15) is 0 Å². The molecule has 0 aliphatic rings. The fraction of sp³-hybridized carbons (Fsp3) is 0.556. The SMILES string of the molecule is C=CCn1c(CN)nnc1SCCS(C)(=O)=O. The van der Waals surface area contributed by atoms with E-state index in [1.165, 1.54) is 18.0 Å². The molecular formula is C9H16N4O2S2. The molecule has 0 radical (unpaired) electrons. The Morgan fingerprint density at radius 3 is 2.76 bits per heavy atom. The molecule has 17 heavy (non-hydrogen) atoms. The van der Waals surface area contributed by atoms with Crippen molar-refractivity contribution >= 4 is 21.6 Å². The molecule has 0 fully saturated rings. The summed E-state index contributed by atoms with van der Waals surface area (Å²) in [6.45, 7) is 4.52. The normalized spacial score (nSPS) is 11.6.